The summed E-state index contributed by atoms with van der Waals surface area (Å²) in [6, 6.07) is 10.9. The smallest absolute Gasteiger partial charge is 0.249 e. The van der Waals surface area contributed by atoms with Crippen LogP contribution in [0.25, 0.3) is 0 Å². The number of nitrogens with two attached hydrogens (primary N) is 2. The summed E-state index contributed by atoms with van der Waals surface area (Å²) in [5, 5.41) is 18.8. The monoisotopic (exact) mass is 393 g/mol. The first-order chi connectivity index (χ1) is 13.5. The van der Waals surface area contributed by atoms with Crippen molar-refractivity contribution in [3.8, 4) is 12.1 Å². The van der Waals surface area contributed by atoms with Gasteiger partial charge in [-0.1, -0.05) is 18.2 Å². The first-order valence-corrected chi connectivity index (χ1v) is 9.33. The number of aromatic nitrogens is 1. The Kier molecular flexibility index (Phi) is 5.84. The number of ether oxygens (including phenoxy) is 1. The molecule has 2 unspecified atom stereocenters. The summed E-state index contributed by atoms with van der Waals surface area (Å²) in [6.45, 7) is 0.548. The number of hydrogen-bond acceptors (Lipinski definition) is 7. The van der Waals surface area contributed by atoms with E-state index in [0.29, 0.717) is 24.2 Å². The minimum absolute atomic E-state index is 0.0104. The summed E-state index contributed by atoms with van der Waals surface area (Å²) in [5.74, 6) is -0.595. The number of rotatable bonds is 4. The normalized spacial score (nSPS) is 17.3. The Morgan fingerprint density at radius 3 is 2.57 bits per heavy atom. The Bertz CT molecular complexity index is 1000. The van der Waals surface area contributed by atoms with Crippen LogP contribution in [0, 0.1) is 22.7 Å². The van der Waals surface area contributed by atoms with E-state index in [1.54, 1.807) is 24.3 Å². The second-order valence-corrected chi connectivity index (χ2v) is 7.00. The molecule has 1 aromatic carbocycles. The number of benzene rings is 1. The molecule has 2 aromatic rings. The maximum Gasteiger partial charge on any atom is 0.249 e. The Balaban J connectivity index is 2.22. The van der Waals surface area contributed by atoms with Crippen LogP contribution in [0.4, 0.5) is 5.82 Å². The van der Waals surface area contributed by atoms with Crippen molar-refractivity contribution in [1.29, 1.82) is 10.5 Å². The summed E-state index contributed by atoms with van der Waals surface area (Å²) < 4.78 is 5.82. The number of thiol groups is 1. The van der Waals surface area contributed by atoms with Crippen molar-refractivity contribution in [3.05, 3.63) is 57.8 Å². The van der Waals surface area contributed by atoms with E-state index in [9.17, 15) is 15.3 Å². The average Bonchev–Trinajstić information content (AvgIpc) is 2.72. The molecule has 2 heterocycles. The van der Waals surface area contributed by atoms with Crippen molar-refractivity contribution in [1.82, 2.24) is 4.98 Å². The Labute approximate surface area is 168 Å². The fraction of sp³-hybridized carbons (Fsp3) is 0.300. The van der Waals surface area contributed by atoms with Gasteiger partial charge in [0, 0.05) is 17.7 Å². The number of amides is 1. The van der Waals surface area contributed by atoms with Gasteiger partial charge in [0.1, 0.15) is 23.5 Å². The summed E-state index contributed by atoms with van der Waals surface area (Å²) in [6.07, 6.45) is 2.12. The Hall–Kier alpha value is -3.07. The van der Waals surface area contributed by atoms with Gasteiger partial charge in [-0.05, 0) is 30.9 Å². The quantitative estimate of drug-likeness (QED) is 0.683. The van der Waals surface area contributed by atoms with Gasteiger partial charge in [0.15, 0.2) is 0 Å². The van der Waals surface area contributed by atoms with Crippen LogP contribution in [0.2, 0.25) is 0 Å². The van der Waals surface area contributed by atoms with Crippen molar-refractivity contribution in [3.63, 3.8) is 0 Å². The molecular weight excluding hydrogens is 374 g/mol. The standard InChI is InChI=1S/C20H19N5O2S/c21-9-13-16(15-7-3-4-8-27-15)14(10-22)19(23)25-17(13)18(28)11-5-1-2-6-12(11)20(24)26/h1-2,5-6,15,18,28H,3-4,7-8H2,(H2,23,25)(H2,24,26). The minimum Gasteiger partial charge on any atom is -0.383 e. The molecule has 1 aliphatic rings. The third-order valence-electron chi connectivity index (χ3n) is 4.80. The van der Waals surface area contributed by atoms with Crippen molar-refractivity contribution in [2.45, 2.75) is 30.6 Å². The molecule has 1 aromatic heterocycles. The molecule has 2 atom stereocenters. The minimum atomic E-state index is -0.726. The topological polar surface area (TPSA) is 139 Å². The summed E-state index contributed by atoms with van der Waals surface area (Å²) in [7, 11) is 0. The van der Waals surface area contributed by atoms with Crippen LogP contribution >= 0.6 is 12.6 Å². The van der Waals surface area contributed by atoms with Gasteiger partial charge in [-0.25, -0.2) is 4.98 Å². The van der Waals surface area contributed by atoms with Crippen LogP contribution in [-0.2, 0) is 4.74 Å². The van der Waals surface area contributed by atoms with Gasteiger partial charge in [0.25, 0.3) is 0 Å². The zero-order chi connectivity index (χ0) is 20.3. The molecule has 0 radical (unpaired) electrons. The fourth-order valence-corrected chi connectivity index (χ4v) is 3.88. The highest BCUT2D eigenvalue weighted by molar-refractivity contribution is 7.80. The number of hydrogen-bond donors (Lipinski definition) is 3. The molecule has 1 aliphatic heterocycles. The first-order valence-electron chi connectivity index (χ1n) is 8.81. The largest absolute Gasteiger partial charge is 0.383 e. The Morgan fingerprint density at radius 2 is 1.96 bits per heavy atom. The van der Waals surface area contributed by atoms with Gasteiger partial charge in [-0.15, -0.1) is 0 Å². The van der Waals surface area contributed by atoms with E-state index in [-0.39, 0.29) is 28.2 Å². The lowest BCUT2D eigenvalue weighted by Gasteiger charge is -2.26. The van der Waals surface area contributed by atoms with Crippen molar-refractivity contribution >= 4 is 24.4 Å². The number of nitrogen functional groups attached to an aromatic ring is 1. The predicted octanol–water partition coefficient (Wildman–Crippen LogP) is 2.77. The average molecular weight is 393 g/mol. The second-order valence-electron chi connectivity index (χ2n) is 6.48. The molecule has 8 heteroatoms. The van der Waals surface area contributed by atoms with E-state index in [1.807, 2.05) is 0 Å². The van der Waals surface area contributed by atoms with Gasteiger partial charge in [0.2, 0.25) is 5.91 Å². The van der Waals surface area contributed by atoms with Gasteiger partial charge >= 0.3 is 0 Å². The van der Waals surface area contributed by atoms with Crippen molar-refractivity contribution in [2.24, 2.45) is 5.73 Å². The van der Waals surface area contributed by atoms with Crippen LogP contribution in [0.5, 0.6) is 0 Å². The molecule has 3 rings (SSSR count). The van der Waals surface area contributed by atoms with Crippen LogP contribution in [-0.4, -0.2) is 17.5 Å². The van der Waals surface area contributed by atoms with Crippen LogP contribution in [0.1, 0.15) is 68.9 Å². The zero-order valence-corrected chi connectivity index (χ0v) is 15.9. The SMILES string of the molecule is N#Cc1c(N)nc(C(S)c2ccccc2C(N)=O)c(C#N)c1C1CCCCO1. The van der Waals surface area contributed by atoms with E-state index < -0.39 is 17.3 Å². The number of nitriles is 2. The third kappa shape index (κ3) is 3.53. The third-order valence-corrected chi connectivity index (χ3v) is 5.32. The Morgan fingerprint density at radius 1 is 1.25 bits per heavy atom. The van der Waals surface area contributed by atoms with E-state index in [2.05, 4.69) is 29.8 Å². The molecule has 0 saturated carbocycles. The van der Waals surface area contributed by atoms with E-state index in [4.69, 9.17) is 16.2 Å². The molecule has 0 spiro atoms. The zero-order valence-electron chi connectivity index (χ0n) is 15.1. The molecule has 1 amide bonds. The van der Waals surface area contributed by atoms with Gasteiger partial charge < -0.3 is 16.2 Å². The number of primary amides is 1. The van der Waals surface area contributed by atoms with Crippen LogP contribution in [0.3, 0.4) is 0 Å². The second kappa shape index (κ2) is 8.30. The summed E-state index contributed by atoms with van der Waals surface area (Å²) >= 11 is 4.62. The van der Waals surface area contributed by atoms with E-state index in [1.165, 1.54) is 0 Å². The molecule has 7 nitrogen and oxygen atoms in total. The van der Waals surface area contributed by atoms with Crippen LogP contribution < -0.4 is 11.5 Å². The molecule has 1 saturated heterocycles. The lowest BCUT2D eigenvalue weighted by Crippen LogP contribution is -2.19. The lowest BCUT2D eigenvalue weighted by molar-refractivity contribution is 0.0146. The first kappa shape index (κ1) is 19.7. The molecule has 142 valence electrons. The fourth-order valence-electron chi connectivity index (χ4n) is 3.47. The number of anilines is 1. The van der Waals surface area contributed by atoms with Crippen molar-refractivity contribution in [2.75, 3.05) is 12.3 Å². The number of nitrogens with zero attached hydrogens (tertiary/aromatic N) is 3. The number of carbonyl (C=O) groups excluding carboxylic acids is 1. The number of carbonyl (C=O) groups is 1. The van der Waals surface area contributed by atoms with Gasteiger partial charge in [0.05, 0.1) is 22.6 Å². The van der Waals surface area contributed by atoms with E-state index in [0.717, 1.165) is 12.8 Å². The molecule has 0 aliphatic carbocycles. The molecule has 28 heavy (non-hydrogen) atoms. The van der Waals surface area contributed by atoms with Gasteiger partial charge in [-0.3, -0.25) is 4.79 Å². The maximum absolute atomic E-state index is 11.8. The molecule has 0 bridgehead atoms. The predicted molar refractivity (Wildman–Crippen MR) is 106 cm³/mol. The highest BCUT2D eigenvalue weighted by atomic mass is 32.1. The van der Waals surface area contributed by atoms with Crippen molar-refractivity contribution < 1.29 is 9.53 Å². The van der Waals surface area contributed by atoms with Gasteiger partial charge in [-0.2, -0.15) is 23.2 Å². The summed E-state index contributed by atoms with van der Waals surface area (Å²) in [4.78, 5) is 16.1. The number of pyridine rings is 1. The van der Waals surface area contributed by atoms with E-state index >= 15 is 0 Å². The molecular formula is C20H19N5O2S. The molecule has 1 fully saturated rings. The highest BCUT2D eigenvalue weighted by Crippen LogP contribution is 2.39. The molecule has 4 N–H and O–H groups in total. The highest BCUT2D eigenvalue weighted by Gasteiger charge is 2.30. The lowest BCUT2D eigenvalue weighted by atomic mass is 9.90. The summed E-state index contributed by atoms with van der Waals surface area (Å²) in [5.41, 5.74) is 13.4. The van der Waals surface area contributed by atoms with Crippen LogP contribution in [0.15, 0.2) is 24.3 Å². The maximum atomic E-state index is 11.8.